The molecule has 0 unspecified atom stereocenters. The lowest BCUT2D eigenvalue weighted by atomic mass is 10.1. The molecule has 13 heavy (non-hydrogen) atoms. The third-order valence-corrected chi connectivity index (χ3v) is 1.91. The summed E-state index contributed by atoms with van der Waals surface area (Å²) < 4.78 is 0. The first-order chi connectivity index (χ1) is 5.41. The monoisotopic (exact) mass is 192 g/mol. The van der Waals surface area contributed by atoms with E-state index < -0.39 is 0 Å². The van der Waals surface area contributed by atoms with Crippen molar-refractivity contribution in [1.29, 1.82) is 0 Å². The topological polar surface area (TPSA) is 122 Å². The van der Waals surface area contributed by atoms with Gasteiger partial charge in [-0.15, -0.1) is 0 Å². The van der Waals surface area contributed by atoms with E-state index >= 15 is 0 Å². The van der Waals surface area contributed by atoms with Crippen molar-refractivity contribution in [3.05, 3.63) is 0 Å². The van der Waals surface area contributed by atoms with Crippen LogP contribution in [0.4, 0.5) is 0 Å². The third kappa shape index (κ3) is 18.7. The number of unbranched alkanes of at least 4 members (excludes halogenated alkanes) is 6. The lowest BCUT2D eigenvalue weighted by molar-refractivity contribution is 0.585. The standard InChI is InChI=1S/C9H22N2.2H3N/c10-8-6-4-2-1-3-5-7-9-11;;/h1-11H2;2*1H3. The fourth-order valence-electron chi connectivity index (χ4n) is 1.17. The molecule has 0 radical (unpaired) electrons. The van der Waals surface area contributed by atoms with Gasteiger partial charge in [-0.2, -0.15) is 0 Å². The Morgan fingerprint density at radius 2 is 0.692 bits per heavy atom. The molecule has 0 saturated carbocycles. The summed E-state index contributed by atoms with van der Waals surface area (Å²) in [7, 11) is 0. The zero-order valence-corrected chi connectivity index (χ0v) is 8.93. The van der Waals surface area contributed by atoms with E-state index in [9.17, 15) is 0 Å². The molecule has 0 aromatic heterocycles. The Hall–Kier alpha value is -0.160. The van der Waals surface area contributed by atoms with Gasteiger partial charge in [-0.3, -0.25) is 0 Å². The Labute approximate surface area is 82.6 Å². The first-order valence-electron chi connectivity index (χ1n) is 4.82. The molecule has 0 spiro atoms. The molecular formula is C9H28N4. The highest BCUT2D eigenvalue weighted by Crippen LogP contribution is 2.05. The summed E-state index contributed by atoms with van der Waals surface area (Å²) in [5.74, 6) is 0. The van der Waals surface area contributed by atoms with Gasteiger partial charge in [-0.1, -0.05) is 32.1 Å². The summed E-state index contributed by atoms with van der Waals surface area (Å²) >= 11 is 0. The van der Waals surface area contributed by atoms with Crippen LogP contribution in [0.25, 0.3) is 0 Å². The summed E-state index contributed by atoms with van der Waals surface area (Å²) in [6.07, 6.45) is 9.05. The van der Waals surface area contributed by atoms with Crippen LogP contribution in [0.3, 0.4) is 0 Å². The van der Waals surface area contributed by atoms with E-state index in [0.29, 0.717) is 0 Å². The fraction of sp³-hybridized carbons (Fsp3) is 1.00. The molecule has 0 aliphatic heterocycles. The van der Waals surface area contributed by atoms with E-state index in [-0.39, 0.29) is 12.3 Å². The average molecular weight is 192 g/mol. The van der Waals surface area contributed by atoms with Gasteiger partial charge in [-0.05, 0) is 25.9 Å². The molecule has 0 aliphatic carbocycles. The molecule has 0 atom stereocenters. The van der Waals surface area contributed by atoms with Crippen LogP contribution < -0.4 is 23.8 Å². The molecule has 0 rings (SSSR count). The summed E-state index contributed by atoms with van der Waals surface area (Å²) in [5.41, 5.74) is 10.7. The predicted molar refractivity (Wildman–Crippen MR) is 60.5 cm³/mol. The Morgan fingerprint density at radius 1 is 0.462 bits per heavy atom. The molecule has 0 saturated heterocycles. The highest BCUT2D eigenvalue weighted by molar-refractivity contribution is 4.46. The molecule has 4 heteroatoms. The van der Waals surface area contributed by atoms with E-state index in [1.807, 2.05) is 0 Å². The second kappa shape index (κ2) is 17.8. The minimum Gasteiger partial charge on any atom is -0.344 e. The lowest BCUT2D eigenvalue weighted by Gasteiger charge is -1.99. The highest BCUT2D eigenvalue weighted by atomic mass is 14.5. The van der Waals surface area contributed by atoms with Gasteiger partial charge in [0.05, 0.1) is 0 Å². The summed E-state index contributed by atoms with van der Waals surface area (Å²) in [5, 5.41) is 0. The van der Waals surface area contributed by atoms with Crippen LogP contribution in [0.15, 0.2) is 0 Å². The molecule has 0 heterocycles. The molecule has 0 amide bonds. The highest BCUT2D eigenvalue weighted by Gasteiger charge is 1.89. The van der Waals surface area contributed by atoms with Crippen LogP contribution in [0.2, 0.25) is 0 Å². The van der Waals surface area contributed by atoms with Crippen LogP contribution in [-0.2, 0) is 0 Å². The summed E-state index contributed by atoms with van der Waals surface area (Å²) in [6, 6.07) is 0. The third-order valence-electron chi connectivity index (χ3n) is 1.91. The summed E-state index contributed by atoms with van der Waals surface area (Å²) in [6.45, 7) is 1.70. The molecule has 0 aromatic rings. The summed E-state index contributed by atoms with van der Waals surface area (Å²) in [4.78, 5) is 0. The molecule has 10 N–H and O–H groups in total. The second-order valence-electron chi connectivity index (χ2n) is 3.05. The SMILES string of the molecule is N.N.NCCCCCCCCCN. The number of hydrogen-bond acceptors (Lipinski definition) is 4. The van der Waals surface area contributed by atoms with Crippen LogP contribution >= 0.6 is 0 Å². The zero-order valence-electron chi connectivity index (χ0n) is 8.93. The second-order valence-corrected chi connectivity index (χ2v) is 3.05. The fourth-order valence-corrected chi connectivity index (χ4v) is 1.17. The number of hydrogen-bond donors (Lipinski definition) is 4. The van der Waals surface area contributed by atoms with Gasteiger partial charge >= 0.3 is 0 Å². The maximum Gasteiger partial charge on any atom is -0.00773 e. The van der Waals surface area contributed by atoms with Gasteiger partial charge in [0, 0.05) is 0 Å². The average Bonchev–Trinajstić information content (AvgIpc) is 2.03. The predicted octanol–water partition coefficient (Wildman–Crippen LogP) is 1.96. The van der Waals surface area contributed by atoms with E-state index in [0.717, 1.165) is 13.1 Å². The van der Waals surface area contributed by atoms with Crippen molar-refractivity contribution < 1.29 is 0 Å². The Kier molecular flexibility index (Phi) is 25.5. The Bertz CT molecular complexity index is 60.6. The smallest absolute Gasteiger partial charge is 0.00773 e. The molecule has 0 bridgehead atoms. The van der Waals surface area contributed by atoms with Crippen LogP contribution in [0.5, 0.6) is 0 Å². The largest absolute Gasteiger partial charge is 0.344 e. The Morgan fingerprint density at radius 3 is 0.923 bits per heavy atom. The van der Waals surface area contributed by atoms with Gasteiger partial charge in [0.15, 0.2) is 0 Å². The Balaban J connectivity index is -0.000000500. The molecule has 84 valence electrons. The molecule has 4 nitrogen and oxygen atoms in total. The number of rotatable bonds is 8. The van der Waals surface area contributed by atoms with Crippen molar-refractivity contribution in [2.75, 3.05) is 13.1 Å². The van der Waals surface area contributed by atoms with E-state index in [2.05, 4.69) is 0 Å². The van der Waals surface area contributed by atoms with Crippen molar-refractivity contribution in [3.8, 4) is 0 Å². The molecule has 0 aromatic carbocycles. The quantitative estimate of drug-likeness (QED) is 0.439. The van der Waals surface area contributed by atoms with E-state index in [4.69, 9.17) is 11.5 Å². The molecule has 0 fully saturated rings. The van der Waals surface area contributed by atoms with E-state index in [1.54, 1.807) is 0 Å². The lowest BCUT2D eigenvalue weighted by Crippen LogP contribution is -1.98. The first-order valence-corrected chi connectivity index (χ1v) is 4.82. The van der Waals surface area contributed by atoms with Gasteiger partial charge < -0.3 is 23.8 Å². The minimum atomic E-state index is 0. The van der Waals surface area contributed by atoms with Gasteiger partial charge in [0.1, 0.15) is 0 Å². The van der Waals surface area contributed by atoms with Crippen molar-refractivity contribution in [2.24, 2.45) is 11.5 Å². The van der Waals surface area contributed by atoms with Crippen LogP contribution in [-0.4, -0.2) is 13.1 Å². The van der Waals surface area contributed by atoms with Crippen molar-refractivity contribution in [2.45, 2.75) is 44.9 Å². The normalized spacial score (nSPS) is 8.77. The van der Waals surface area contributed by atoms with Gasteiger partial charge in [0.2, 0.25) is 0 Å². The van der Waals surface area contributed by atoms with Crippen LogP contribution in [0.1, 0.15) is 44.9 Å². The van der Waals surface area contributed by atoms with Gasteiger partial charge in [0.25, 0.3) is 0 Å². The first kappa shape index (κ1) is 18.6. The molecular weight excluding hydrogens is 164 g/mol. The minimum absolute atomic E-state index is 0. The number of nitrogens with two attached hydrogens (primary N) is 2. The maximum absolute atomic E-state index is 5.37. The maximum atomic E-state index is 5.37. The zero-order chi connectivity index (χ0) is 8.36. The van der Waals surface area contributed by atoms with E-state index in [1.165, 1.54) is 44.9 Å². The van der Waals surface area contributed by atoms with Crippen LogP contribution in [0, 0.1) is 0 Å². The molecule has 0 aliphatic rings. The van der Waals surface area contributed by atoms with Crippen molar-refractivity contribution in [1.82, 2.24) is 12.3 Å². The van der Waals surface area contributed by atoms with Crippen molar-refractivity contribution in [3.63, 3.8) is 0 Å². The van der Waals surface area contributed by atoms with Crippen molar-refractivity contribution >= 4 is 0 Å². The van der Waals surface area contributed by atoms with Gasteiger partial charge in [-0.25, -0.2) is 0 Å².